The van der Waals surface area contributed by atoms with E-state index in [1.807, 2.05) is 50.0 Å². The summed E-state index contributed by atoms with van der Waals surface area (Å²) in [6.45, 7) is 8.26. The quantitative estimate of drug-likeness (QED) is 0.326. The number of aryl methyl sites for hydroxylation is 1. The van der Waals surface area contributed by atoms with Crippen LogP contribution in [0.1, 0.15) is 46.6 Å². The van der Waals surface area contributed by atoms with E-state index >= 15 is 0 Å². The van der Waals surface area contributed by atoms with Crippen LogP contribution in [0.15, 0.2) is 34.8 Å². The van der Waals surface area contributed by atoms with Gasteiger partial charge in [0.25, 0.3) is 0 Å². The molecule has 0 N–H and O–H groups in total. The Hall–Kier alpha value is -2.77. The first-order chi connectivity index (χ1) is 12.6. The van der Waals surface area contributed by atoms with Crippen LogP contribution in [0.4, 0.5) is 0 Å². The molecular formula is C19H32N3O5+. The van der Waals surface area contributed by atoms with E-state index in [1.54, 1.807) is 13.1 Å². The average Bonchev–Trinajstić information content (AvgIpc) is 2.54. The molecule has 1 aromatic rings. The van der Waals surface area contributed by atoms with Crippen LogP contribution in [-0.4, -0.2) is 44.0 Å². The monoisotopic (exact) mass is 382 g/mol. The second kappa shape index (κ2) is 16.7. The summed E-state index contributed by atoms with van der Waals surface area (Å²) in [5.41, 5.74) is 1.97. The third-order valence-electron chi connectivity index (χ3n) is 2.53. The highest BCUT2D eigenvalue weighted by Gasteiger charge is 2.06. The van der Waals surface area contributed by atoms with Crippen LogP contribution >= 0.6 is 0 Å². The molecule has 0 spiro atoms. The highest BCUT2D eigenvalue weighted by Crippen LogP contribution is 1.97. The number of hydrogen-bond donors (Lipinski definition) is 0. The summed E-state index contributed by atoms with van der Waals surface area (Å²) in [5, 5.41) is 7.18. The molecule has 8 nitrogen and oxygen atoms in total. The maximum absolute atomic E-state index is 10.4. The molecule has 0 saturated heterocycles. The topological polar surface area (TPSA) is 90.4 Å². The number of aromatic nitrogens is 1. The van der Waals surface area contributed by atoms with Crippen molar-refractivity contribution in [2.45, 2.75) is 47.1 Å². The SMILES string of the molecule is CC(=O)CC(C)OC(C)=O.CON=C(C)C.CON=Cc1cc[n+](C)cc1. The fourth-order valence-corrected chi connectivity index (χ4v) is 1.62. The zero-order chi connectivity index (χ0) is 21.2. The first kappa shape index (κ1) is 26.5. The number of esters is 1. The molecule has 0 aliphatic rings. The van der Waals surface area contributed by atoms with Gasteiger partial charge in [-0.1, -0.05) is 10.3 Å². The van der Waals surface area contributed by atoms with Crippen LogP contribution in [0, 0.1) is 0 Å². The van der Waals surface area contributed by atoms with Crippen molar-refractivity contribution in [1.29, 1.82) is 0 Å². The number of ketones is 1. The lowest BCUT2D eigenvalue weighted by Gasteiger charge is -2.08. The van der Waals surface area contributed by atoms with Crippen LogP contribution in [0.2, 0.25) is 0 Å². The predicted octanol–water partition coefficient (Wildman–Crippen LogP) is 2.44. The number of ether oxygens (including phenoxy) is 1. The largest absolute Gasteiger partial charge is 0.462 e. The lowest BCUT2D eigenvalue weighted by molar-refractivity contribution is -0.671. The normalized spacial score (nSPS) is 10.4. The van der Waals surface area contributed by atoms with Gasteiger partial charge in [-0.25, -0.2) is 4.57 Å². The van der Waals surface area contributed by atoms with Gasteiger partial charge in [-0.2, -0.15) is 0 Å². The van der Waals surface area contributed by atoms with Crippen LogP contribution < -0.4 is 4.57 Å². The second-order valence-corrected chi connectivity index (χ2v) is 5.76. The molecule has 1 unspecified atom stereocenters. The predicted molar refractivity (Wildman–Crippen MR) is 105 cm³/mol. The number of rotatable bonds is 6. The molecule has 1 atom stereocenters. The maximum Gasteiger partial charge on any atom is 0.302 e. The number of oxime groups is 2. The molecule has 0 aliphatic carbocycles. The Kier molecular flexibility index (Phi) is 16.4. The van der Waals surface area contributed by atoms with Crippen LogP contribution in [0.5, 0.6) is 0 Å². The lowest BCUT2D eigenvalue weighted by atomic mass is 10.2. The Labute approximate surface area is 161 Å². The first-order valence-corrected chi connectivity index (χ1v) is 8.35. The summed E-state index contributed by atoms with van der Waals surface area (Å²) < 4.78 is 6.66. The molecule has 0 fully saturated rings. The number of nitrogens with zero attached hydrogens (tertiary/aromatic N) is 3. The number of carbonyl (C=O) groups excluding carboxylic acids is 2. The highest BCUT2D eigenvalue weighted by molar-refractivity contribution is 5.78. The summed E-state index contributed by atoms with van der Waals surface area (Å²) in [5.74, 6) is -0.303. The van der Waals surface area contributed by atoms with E-state index in [-0.39, 0.29) is 17.9 Å². The van der Waals surface area contributed by atoms with Crippen molar-refractivity contribution in [2.24, 2.45) is 17.4 Å². The fourth-order valence-electron chi connectivity index (χ4n) is 1.62. The Bertz CT molecular complexity index is 578. The molecule has 0 amide bonds. The Morgan fingerprint density at radius 2 is 1.67 bits per heavy atom. The van der Waals surface area contributed by atoms with Crippen molar-refractivity contribution in [2.75, 3.05) is 14.2 Å². The van der Waals surface area contributed by atoms with E-state index in [9.17, 15) is 9.59 Å². The molecular weight excluding hydrogens is 350 g/mol. The minimum atomic E-state index is -0.339. The molecule has 0 radical (unpaired) electrons. The molecule has 0 saturated carbocycles. The van der Waals surface area contributed by atoms with Crippen molar-refractivity contribution >= 4 is 23.7 Å². The zero-order valence-corrected chi connectivity index (χ0v) is 17.6. The summed E-state index contributed by atoms with van der Waals surface area (Å²) in [6, 6.07) is 3.92. The van der Waals surface area contributed by atoms with Gasteiger partial charge >= 0.3 is 5.97 Å². The number of pyridine rings is 1. The average molecular weight is 382 g/mol. The van der Waals surface area contributed by atoms with E-state index in [0.29, 0.717) is 6.42 Å². The number of Topliss-reactive ketones (excluding diaryl/α,β-unsaturated/α-hetero) is 1. The standard InChI is InChI=1S/C8H11N2O.C7H12O3.C4H9NO/c1-10-5-3-8(4-6-10)7-9-11-2;1-5(8)4-6(2)10-7(3)9;1-4(2)5-6-3/h3-7H,1-2H3;6H,4H2,1-3H3;1-3H3/q+1;;. The molecule has 27 heavy (non-hydrogen) atoms. The molecule has 0 aromatic carbocycles. The van der Waals surface area contributed by atoms with Gasteiger partial charge in [0.05, 0.1) is 11.9 Å². The van der Waals surface area contributed by atoms with Gasteiger partial charge in [0, 0.05) is 31.0 Å². The van der Waals surface area contributed by atoms with Crippen molar-refractivity contribution in [1.82, 2.24) is 0 Å². The molecule has 8 heteroatoms. The summed E-state index contributed by atoms with van der Waals surface area (Å²) in [7, 11) is 5.03. The third kappa shape index (κ3) is 21.2. The molecule has 1 aromatic heterocycles. The van der Waals surface area contributed by atoms with E-state index in [2.05, 4.69) is 20.0 Å². The van der Waals surface area contributed by atoms with Gasteiger partial charge in [-0.05, 0) is 27.7 Å². The molecule has 0 bridgehead atoms. The fraction of sp³-hybridized carbons (Fsp3) is 0.526. The highest BCUT2D eigenvalue weighted by atomic mass is 16.6. The summed E-state index contributed by atoms with van der Waals surface area (Å²) in [4.78, 5) is 29.7. The molecule has 152 valence electrons. The molecule has 1 heterocycles. The molecule has 1 rings (SSSR count). The van der Waals surface area contributed by atoms with Crippen molar-refractivity contribution in [3.63, 3.8) is 0 Å². The Morgan fingerprint density at radius 1 is 1.11 bits per heavy atom. The third-order valence-corrected chi connectivity index (χ3v) is 2.53. The van der Waals surface area contributed by atoms with Gasteiger partial charge in [-0.3, -0.25) is 9.59 Å². The second-order valence-electron chi connectivity index (χ2n) is 5.76. The van der Waals surface area contributed by atoms with Gasteiger partial charge in [0.2, 0.25) is 0 Å². The van der Waals surface area contributed by atoms with Crippen LogP contribution in [-0.2, 0) is 31.0 Å². The van der Waals surface area contributed by atoms with Crippen molar-refractivity contribution in [3.05, 3.63) is 30.1 Å². The minimum absolute atomic E-state index is 0.0359. The summed E-state index contributed by atoms with van der Waals surface area (Å²) >= 11 is 0. The lowest BCUT2D eigenvalue weighted by Crippen LogP contribution is -2.25. The number of hydrogen-bond acceptors (Lipinski definition) is 7. The minimum Gasteiger partial charge on any atom is -0.462 e. The maximum atomic E-state index is 10.4. The van der Waals surface area contributed by atoms with Gasteiger partial charge in [0.1, 0.15) is 33.2 Å². The smallest absolute Gasteiger partial charge is 0.302 e. The first-order valence-electron chi connectivity index (χ1n) is 8.35. The van der Waals surface area contributed by atoms with Gasteiger partial charge < -0.3 is 14.4 Å². The van der Waals surface area contributed by atoms with E-state index in [1.165, 1.54) is 28.1 Å². The van der Waals surface area contributed by atoms with Crippen molar-refractivity contribution in [3.8, 4) is 0 Å². The van der Waals surface area contributed by atoms with E-state index in [0.717, 1.165) is 11.3 Å². The van der Waals surface area contributed by atoms with E-state index < -0.39 is 0 Å². The Balaban J connectivity index is 0. The van der Waals surface area contributed by atoms with Gasteiger partial charge in [-0.15, -0.1) is 0 Å². The van der Waals surface area contributed by atoms with Crippen LogP contribution in [0.3, 0.4) is 0 Å². The zero-order valence-electron chi connectivity index (χ0n) is 17.6. The summed E-state index contributed by atoms with van der Waals surface area (Å²) in [6.07, 6.45) is 5.60. The van der Waals surface area contributed by atoms with Crippen molar-refractivity contribution < 1.29 is 28.6 Å². The van der Waals surface area contributed by atoms with Gasteiger partial charge in [0.15, 0.2) is 12.4 Å². The van der Waals surface area contributed by atoms with Crippen LogP contribution in [0.25, 0.3) is 0 Å². The Morgan fingerprint density at radius 3 is 2.00 bits per heavy atom. The van der Waals surface area contributed by atoms with E-state index in [4.69, 9.17) is 4.74 Å². The molecule has 0 aliphatic heterocycles. The number of carbonyl (C=O) groups is 2.